The molecule has 1 N–H and O–H groups in total. The number of carbonyl (C=O) groups is 1. The van der Waals surface area contributed by atoms with Crippen LogP contribution in [0.25, 0.3) is 0 Å². The van der Waals surface area contributed by atoms with Crippen molar-refractivity contribution >= 4 is 5.91 Å². The normalized spacial score (nSPS) is 24.2. The van der Waals surface area contributed by atoms with Crippen molar-refractivity contribution in [1.82, 2.24) is 9.80 Å². The van der Waals surface area contributed by atoms with E-state index in [1.165, 1.54) is 12.0 Å². The number of aliphatic hydroxyl groups is 1. The fraction of sp³-hybridized carbons (Fsp3) is 0.667. The third-order valence-electron chi connectivity index (χ3n) is 6.31. The molecular formula is C21H32N2O2. The van der Waals surface area contributed by atoms with Gasteiger partial charge in [-0.05, 0) is 63.1 Å². The first-order valence-corrected chi connectivity index (χ1v) is 9.77. The molecule has 3 rings (SSSR count). The van der Waals surface area contributed by atoms with Gasteiger partial charge in [0.25, 0.3) is 0 Å². The number of piperidine rings is 2. The molecule has 2 heterocycles. The highest BCUT2D eigenvalue weighted by molar-refractivity contribution is 5.82. The van der Waals surface area contributed by atoms with E-state index in [4.69, 9.17) is 0 Å². The molecule has 138 valence electrons. The van der Waals surface area contributed by atoms with Crippen molar-refractivity contribution in [2.75, 3.05) is 33.3 Å². The third-order valence-corrected chi connectivity index (χ3v) is 6.31. The molecule has 4 heteroatoms. The van der Waals surface area contributed by atoms with Crippen molar-refractivity contribution in [2.45, 2.75) is 51.0 Å². The molecule has 4 nitrogen and oxygen atoms in total. The maximum absolute atomic E-state index is 12.9. The molecule has 2 saturated heterocycles. The van der Waals surface area contributed by atoms with E-state index in [2.05, 4.69) is 36.2 Å². The summed E-state index contributed by atoms with van der Waals surface area (Å²) in [6, 6.07) is 10.6. The lowest BCUT2D eigenvalue weighted by Gasteiger charge is -2.43. The van der Waals surface area contributed by atoms with E-state index in [0.29, 0.717) is 5.91 Å². The zero-order valence-electron chi connectivity index (χ0n) is 15.5. The highest BCUT2D eigenvalue weighted by Gasteiger charge is 2.37. The maximum atomic E-state index is 12.9. The van der Waals surface area contributed by atoms with Crippen molar-refractivity contribution in [3.8, 4) is 0 Å². The van der Waals surface area contributed by atoms with E-state index in [1.54, 1.807) is 0 Å². The standard InChI is InChI=1S/C21H32N2O2/c1-22-14-6-5-9-19(22)20(25)23-15-12-21(17-24,13-16-23)11-10-18-7-3-2-4-8-18/h2-4,7-8,19,24H,5-6,9-17H2,1H3/t19-/m1/s1. The van der Waals surface area contributed by atoms with Crippen molar-refractivity contribution in [3.05, 3.63) is 35.9 Å². The van der Waals surface area contributed by atoms with Crippen LogP contribution in [0.1, 0.15) is 44.1 Å². The molecule has 0 saturated carbocycles. The lowest BCUT2D eigenvalue weighted by Crippen LogP contribution is -2.53. The average molecular weight is 344 g/mol. The van der Waals surface area contributed by atoms with Crippen LogP contribution in [0.5, 0.6) is 0 Å². The summed E-state index contributed by atoms with van der Waals surface area (Å²) < 4.78 is 0. The monoisotopic (exact) mass is 344 g/mol. The Kier molecular flexibility index (Phi) is 6.13. The zero-order valence-corrected chi connectivity index (χ0v) is 15.5. The average Bonchev–Trinajstić information content (AvgIpc) is 2.67. The van der Waals surface area contributed by atoms with Crippen LogP contribution in [-0.4, -0.2) is 60.1 Å². The highest BCUT2D eigenvalue weighted by Crippen LogP contribution is 2.36. The summed E-state index contributed by atoms with van der Waals surface area (Å²) in [5.74, 6) is 0.303. The van der Waals surface area contributed by atoms with Gasteiger partial charge in [-0.2, -0.15) is 0 Å². The molecular weight excluding hydrogens is 312 g/mol. The molecule has 2 fully saturated rings. The number of likely N-dealkylation sites (N-methyl/N-ethyl adjacent to an activating group) is 1. The van der Waals surface area contributed by atoms with Crippen LogP contribution in [0.4, 0.5) is 0 Å². The van der Waals surface area contributed by atoms with Crippen LogP contribution in [0, 0.1) is 5.41 Å². The Labute approximate surface area is 151 Å². The van der Waals surface area contributed by atoms with Gasteiger partial charge in [-0.1, -0.05) is 36.8 Å². The third kappa shape index (κ3) is 4.42. The summed E-state index contributed by atoms with van der Waals surface area (Å²) in [4.78, 5) is 17.1. The van der Waals surface area contributed by atoms with Crippen molar-refractivity contribution in [2.24, 2.45) is 5.41 Å². The van der Waals surface area contributed by atoms with Crippen LogP contribution in [0.3, 0.4) is 0 Å². The van der Waals surface area contributed by atoms with Crippen molar-refractivity contribution < 1.29 is 9.90 Å². The Morgan fingerprint density at radius 1 is 1.16 bits per heavy atom. The molecule has 1 aromatic rings. The van der Waals surface area contributed by atoms with Gasteiger partial charge in [-0.25, -0.2) is 0 Å². The van der Waals surface area contributed by atoms with Gasteiger partial charge in [0.2, 0.25) is 5.91 Å². The summed E-state index contributed by atoms with van der Waals surface area (Å²) >= 11 is 0. The molecule has 1 atom stereocenters. The number of hydrogen-bond acceptors (Lipinski definition) is 3. The fourth-order valence-electron chi connectivity index (χ4n) is 4.34. The molecule has 25 heavy (non-hydrogen) atoms. The van der Waals surface area contributed by atoms with E-state index in [1.807, 2.05) is 11.0 Å². The second-order valence-electron chi connectivity index (χ2n) is 7.96. The summed E-state index contributed by atoms with van der Waals surface area (Å²) in [7, 11) is 2.07. The van der Waals surface area contributed by atoms with Crippen LogP contribution in [-0.2, 0) is 11.2 Å². The Morgan fingerprint density at radius 2 is 1.88 bits per heavy atom. The maximum Gasteiger partial charge on any atom is 0.239 e. The number of nitrogens with zero attached hydrogens (tertiary/aromatic N) is 2. The molecule has 2 aliphatic rings. The first-order chi connectivity index (χ1) is 12.1. The molecule has 0 bridgehead atoms. The van der Waals surface area contributed by atoms with E-state index in [0.717, 1.165) is 58.2 Å². The summed E-state index contributed by atoms with van der Waals surface area (Å²) in [6.07, 6.45) is 7.18. The minimum absolute atomic E-state index is 0.0227. The first-order valence-electron chi connectivity index (χ1n) is 9.77. The van der Waals surface area contributed by atoms with Gasteiger partial charge in [-0.15, -0.1) is 0 Å². The lowest BCUT2D eigenvalue weighted by molar-refractivity contribution is -0.140. The Balaban J connectivity index is 1.54. The van der Waals surface area contributed by atoms with Gasteiger partial charge >= 0.3 is 0 Å². The quantitative estimate of drug-likeness (QED) is 0.893. The minimum atomic E-state index is -0.0227. The Hall–Kier alpha value is -1.39. The van der Waals surface area contributed by atoms with Crippen LogP contribution >= 0.6 is 0 Å². The van der Waals surface area contributed by atoms with E-state index in [-0.39, 0.29) is 18.1 Å². The number of amides is 1. The van der Waals surface area contributed by atoms with E-state index >= 15 is 0 Å². The van der Waals surface area contributed by atoms with Gasteiger partial charge in [0.15, 0.2) is 0 Å². The molecule has 0 spiro atoms. The van der Waals surface area contributed by atoms with Gasteiger partial charge in [-0.3, -0.25) is 9.69 Å². The second kappa shape index (κ2) is 8.33. The predicted octanol–water partition coefficient (Wildman–Crippen LogP) is 2.70. The van der Waals surface area contributed by atoms with Gasteiger partial charge in [0, 0.05) is 19.7 Å². The summed E-state index contributed by atoms with van der Waals surface area (Å²) in [5, 5.41) is 10.0. The predicted molar refractivity (Wildman–Crippen MR) is 100 cm³/mol. The molecule has 0 radical (unpaired) electrons. The number of likely N-dealkylation sites (tertiary alicyclic amines) is 2. The van der Waals surface area contributed by atoms with Gasteiger partial charge in [0.1, 0.15) is 0 Å². The molecule has 0 aliphatic carbocycles. The largest absolute Gasteiger partial charge is 0.396 e. The van der Waals surface area contributed by atoms with Crippen molar-refractivity contribution in [3.63, 3.8) is 0 Å². The number of aryl methyl sites for hydroxylation is 1. The summed E-state index contributed by atoms with van der Waals surface area (Å²) in [6.45, 7) is 2.84. The Bertz CT molecular complexity index is 552. The van der Waals surface area contributed by atoms with Gasteiger partial charge < -0.3 is 10.0 Å². The second-order valence-corrected chi connectivity index (χ2v) is 7.96. The topological polar surface area (TPSA) is 43.8 Å². The van der Waals surface area contributed by atoms with Crippen LogP contribution in [0.15, 0.2) is 30.3 Å². The smallest absolute Gasteiger partial charge is 0.239 e. The number of carbonyl (C=O) groups excluding carboxylic acids is 1. The van der Waals surface area contributed by atoms with E-state index < -0.39 is 0 Å². The first kappa shape index (κ1) is 18.4. The lowest BCUT2D eigenvalue weighted by atomic mass is 9.74. The fourth-order valence-corrected chi connectivity index (χ4v) is 4.34. The van der Waals surface area contributed by atoms with Crippen LogP contribution < -0.4 is 0 Å². The SMILES string of the molecule is CN1CCCC[C@@H]1C(=O)N1CCC(CO)(CCc2ccccc2)CC1. The molecule has 1 amide bonds. The Morgan fingerprint density at radius 3 is 2.52 bits per heavy atom. The highest BCUT2D eigenvalue weighted by atomic mass is 16.3. The minimum Gasteiger partial charge on any atom is -0.396 e. The molecule has 2 aliphatic heterocycles. The number of benzene rings is 1. The number of aliphatic hydroxyl groups excluding tert-OH is 1. The van der Waals surface area contributed by atoms with Crippen molar-refractivity contribution in [1.29, 1.82) is 0 Å². The van der Waals surface area contributed by atoms with E-state index in [9.17, 15) is 9.90 Å². The zero-order chi connectivity index (χ0) is 17.7. The molecule has 0 unspecified atom stereocenters. The molecule has 1 aromatic carbocycles. The van der Waals surface area contributed by atoms with Crippen LogP contribution in [0.2, 0.25) is 0 Å². The molecule has 0 aromatic heterocycles. The number of hydrogen-bond donors (Lipinski definition) is 1. The summed E-state index contributed by atoms with van der Waals surface area (Å²) in [5.41, 5.74) is 1.31. The van der Waals surface area contributed by atoms with Gasteiger partial charge in [0.05, 0.1) is 6.04 Å². The number of rotatable bonds is 5.